The van der Waals surface area contributed by atoms with Crippen molar-refractivity contribution in [2.24, 2.45) is 0 Å². The van der Waals surface area contributed by atoms with Crippen molar-refractivity contribution >= 4 is 40.2 Å². The van der Waals surface area contributed by atoms with E-state index in [1.165, 1.54) is 5.56 Å². The number of anilines is 3. The van der Waals surface area contributed by atoms with Gasteiger partial charge in [-0.25, -0.2) is 4.98 Å². The Kier molecular flexibility index (Phi) is 5.44. The van der Waals surface area contributed by atoms with E-state index in [0.717, 1.165) is 21.6 Å². The van der Waals surface area contributed by atoms with Gasteiger partial charge < -0.3 is 15.8 Å². The first kappa shape index (κ1) is 18.9. The Morgan fingerprint density at radius 2 is 1.79 bits per heavy atom. The summed E-state index contributed by atoms with van der Waals surface area (Å²) in [5.74, 6) is 2.33. The first-order valence-corrected chi connectivity index (χ1v) is 10.0. The lowest BCUT2D eigenvalue weighted by atomic mass is 10.1. The normalized spacial score (nSPS) is 10.8. The molecule has 3 N–H and O–H groups in total. The van der Waals surface area contributed by atoms with Gasteiger partial charge in [0.05, 0.1) is 29.1 Å². The molecule has 146 valence electrons. The maximum absolute atomic E-state index is 5.89. The van der Waals surface area contributed by atoms with Crippen LogP contribution < -0.4 is 15.8 Å². The van der Waals surface area contributed by atoms with Crippen LogP contribution in [0.2, 0.25) is 0 Å². The summed E-state index contributed by atoms with van der Waals surface area (Å²) in [6.07, 6.45) is 0. The second-order valence-electron chi connectivity index (χ2n) is 6.34. The number of hydrogen-bond donors (Lipinski definition) is 2. The number of aryl methyl sites for hydroxylation is 1. The van der Waals surface area contributed by atoms with Gasteiger partial charge in [0.15, 0.2) is 0 Å². The van der Waals surface area contributed by atoms with Gasteiger partial charge in [-0.3, -0.25) is 0 Å². The fourth-order valence-electron chi connectivity index (χ4n) is 2.96. The molecule has 0 aliphatic rings. The zero-order chi connectivity index (χ0) is 20.2. The van der Waals surface area contributed by atoms with Crippen LogP contribution in [0.1, 0.15) is 11.4 Å². The SMILES string of the molecule is COc1ccccc1Nc1nc(N)nc(CSc2cc(C)c3ccccc3n2)n1. The Bertz CT molecular complexity index is 1170. The van der Waals surface area contributed by atoms with Crippen molar-refractivity contribution < 1.29 is 4.74 Å². The lowest BCUT2D eigenvalue weighted by molar-refractivity contribution is 0.417. The van der Waals surface area contributed by atoms with Crippen molar-refractivity contribution in [1.29, 1.82) is 0 Å². The summed E-state index contributed by atoms with van der Waals surface area (Å²) in [4.78, 5) is 17.6. The topological polar surface area (TPSA) is 98.8 Å². The Labute approximate surface area is 172 Å². The van der Waals surface area contributed by atoms with Crippen LogP contribution in [0.15, 0.2) is 59.6 Å². The van der Waals surface area contributed by atoms with E-state index < -0.39 is 0 Å². The molecule has 4 rings (SSSR count). The smallest absolute Gasteiger partial charge is 0.232 e. The van der Waals surface area contributed by atoms with E-state index in [1.54, 1.807) is 18.9 Å². The van der Waals surface area contributed by atoms with Gasteiger partial charge in [0.2, 0.25) is 11.9 Å². The second kappa shape index (κ2) is 8.32. The molecule has 0 spiro atoms. The summed E-state index contributed by atoms with van der Waals surface area (Å²) in [6.45, 7) is 2.09. The Balaban J connectivity index is 1.54. The van der Waals surface area contributed by atoms with Crippen molar-refractivity contribution in [3.8, 4) is 5.75 Å². The summed E-state index contributed by atoms with van der Waals surface area (Å²) in [5, 5.41) is 5.22. The molecule has 0 fully saturated rings. The zero-order valence-corrected chi connectivity index (χ0v) is 16.9. The van der Waals surface area contributed by atoms with Crippen LogP contribution in [-0.2, 0) is 5.75 Å². The highest BCUT2D eigenvalue weighted by molar-refractivity contribution is 7.98. The van der Waals surface area contributed by atoms with Gasteiger partial charge in [-0.05, 0) is 36.8 Å². The van der Waals surface area contributed by atoms with Crippen LogP contribution in [0.4, 0.5) is 17.6 Å². The lowest BCUT2D eigenvalue weighted by Gasteiger charge is -2.11. The summed E-state index contributed by atoms with van der Waals surface area (Å²) in [5.41, 5.74) is 8.81. The fraction of sp³-hybridized carbons (Fsp3) is 0.143. The van der Waals surface area contributed by atoms with Crippen LogP contribution in [-0.4, -0.2) is 27.0 Å². The average molecular weight is 404 g/mol. The van der Waals surface area contributed by atoms with E-state index in [2.05, 4.69) is 39.3 Å². The molecule has 4 aromatic rings. The minimum atomic E-state index is 0.163. The number of para-hydroxylation sites is 3. The minimum Gasteiger partial charge on any atom is -0.495 e. The molecule has 29 heavy (non-hydrogen) atoms. The molecule has 0 atom stereocenters. The molecule has 0 radical (unpaired) electrons. The maximum Gasteiger partial charge on any atom is 0.232 e. The van der Waals surface area contributed by atoms with Crippen molar-refractivity contribution in [1.82, 2.24) is 19.9 Å². The standard InChI is InChI=1S/C21H20N6OS/c1-13-11-19(23-15-8-4-3-7-14(13)15)29-12-18-25-20(22)27-21(26-18)24-16-9-5-6-10-17(16)28-2/h3-11H,12H2,1-2H3,(H3,22,24,25,26,27). The third kappa shape index (κ3) is 4.38. The third-order valence-corrected chi connectivity index (χ3v) is 5.21. The van der Waals surface area contributed by atoms with Crippen molar-refractivity contribution in [2.75, 3.05) is 18.2 Å². The van der Waals surface area contributed by atoms with Gasteiger partial charge in [0.25, 0.3) is 0 Å². The fourth-order valence-corrected chi connectivity index (χ4v) is 3.79. The molecule has 0 unspecified atom stereocenters. The molecular weight excluding hydrogens is 384 g/mol. The number of fused-ring (bicyclic) bond motifs is 1. The van der Waals surface area contributed by atoms with Gasteiger partial charge in [-0.2, -0.15) is 15.0 Å². The van der Waals surface area contributed by atoms with Gasteiger partial charge in [0, 0.05) is 5.39 Å². The van der Waals surface area contributed by atoms with E-state index in [4.69, 9.17) is 15.5 Å². The minimum absolute atomic E-state index is 0.163. The highest BCUT2D eigenvalue weighted by Crippen LogP contribution is 2.27. The predicted octanol–water partition coefficient (Wildman–Crippen LogP) is 4.35. The summed E-state index contributed by atoms with van der Waals surface area (Å²) >= 11 is 1.56. The number of rotatable bonds is 6. The first-order chi connectivity index (χ1) is 14.1. The molecular formula is C21H20N6OS. The molecule has 0 aliphatic carbocycles. The number of thioether (sulfide) groups is 1. The monoisotopic (exact) mass is 404 g/mol. The van der Waals surface area contributed by atoms with E-state index >= 15 is 0 Å². The molecule has 0 aliphatic heterocycles. The number of ether oxygens (including phenoxy) is 1. The molecule has 2 aromatic heterocycles. The molecule has 0 saturated heterocycles. The van der Waals surface area contributed by atoms with E-state index in [9.17, 15) is 0 Å². The van der Waals surface area contributed by atoms with Crippen molar-refractivity contribution in [3.05, 3.63) is 66.0 Å². The Morgan fingerprint density at radius 1 is 1.00 bits per heavy atom. The van der Waals surface area contributed by atoms with Gasteiger partial charge in [0.1, 0.15) is 11.6 Å². The van der Waals surface area contributed by atoms with Gasteiger partial charge >= 0.3 is 0 Å². The zero-order valence-electron chi connectivity index (χ0n) is 16.1. The van der Waals surface area contributed by atoms with Crippen LogP contribution >= 0.6 is 11.8 Å². The quantitative estimate of drug-likeness (QED) is 0.458. The van der Waals surface area contributed by atoms with Crippen molar-refractivity contribution in [3.63, 3.8) is 0 Å². The van der Waals surface area contributed by atoms with Gasteiger partial charge in [-0.1, -0.05) is 42.1 Å². The van der Waals surface area contributed by atoms with Gasteiger partial charge in [-0.15, -0.1) is 0 Å². The lowest BCUT2D eigenvalue weighted by Crippen LogP contribution is -2.07. The maximum atomic E-state index is 5.89. The van der Waals surface area contributed by atoms with E-state index in [1.807, 2.05) is 42.5 Å². The molecule has 0 bridgehead atoms. The van der Waals surface area contributed by atoms with Crippen LogP contribution in [0.3, 0.4) is 0 Å². The Hall–Kier alpha value is -3.39. The number of benzene rings is 2. The molecule has 2 heterocycles. The number of nitrogens with one attached hydrogen (secondary N) is 1. The molecule has 7 nitrogen and oxygen atoms in total. The summed E-state index contributed by atoms with van der Waals surface area (Å²) < 4.78 is 5.35. The number of nitrogens with zero attached hydrogens (tertiary/aromatic N) is 4. The van der Waals surface area contributed by atoms with Crippen molar-refractivity contribution in [2.45, 2.75) is 17.7 Å². The predicted molar refractivity (Wildman–Crippen MR) is 117 cm³/mol. The Morgan fingerprint density at radius 3 is 2.66 bits per heavy atom. The number of nitrogen functional groups attached to an aromatic ring is 1. The van der Waals surface area contributed by atoms with Crippen LogP contribution in [0, 0.1) is 6.92 Å². The summed E-state index contributed by atoms with van der Waals surface area (Å²) in [6, 6.07) is 17.7. The molecule has 2 aromatic carbocycles. The number of hydrogen-bond acceptors (Lipinski definition) is 8. The number of nitrogens with two attached hydrogens (primary N) is 1. The third-order valence-electron chi connectivity index (χ3n) is 4.30. The number of methoxy groups -OCH3 is 1. The number of pyridine rings is 1. The molecule has 0 amide bonds. The molecule has 8 heteroatoms. The first-order valence-electron chi connectivity index (χ1n) is 9.02. The highest BCUT2D eigenvalue weighted by atomic mass is 32.2. The second-order valence-corrected chi connectivity index (χ2v) is 7.34. The average Bonchev–Trinajstić information content (AvgIpc) is 2.72. The highest BCUT2D eigenvalue weighted by Gasteiger charge is 2.10. The molecule has 0 saturated carbocycles. The summed E-state index contributed by atoms with van der Waals surface area (Å²) in [7, 11) is 1.61. The van der Waals surface area contributed by atoms with Crippen LogP contribution in [0.25, 0.3) is 10.9 Å². The number of aromatic nitrogens is 4. The largest absolute Gasteiger partial charge is 0.495 e. The van der Waals surface area contributed by atoms with E-state index in [-0.39, 0.29) is 5.95 Å². The van der Waals surface area contributed by atoms with E-state index in [0.29, 0.717) is 23.3 Å². The van der Waals surface area contributed by atoms with Crippen LogP contribution in [0.5, 0.6) is 5.75 Å².